The Kier molecular flexibility index (Phi) is 7.63. The maximum Gasteiger partial charge on any atom is 0.190 e. The maximum atomic E-state index is 13.4. The maximum absolute atomic E-state index is 13.4. The molecule has 1 aromatic rings. The zero-order chi connectivity index (χ0) is 13.9. The SMILES string of the molecule is CCCCCNC(=NC)NCCc1ccccc1F. The standard InChI is InChI=1S/C15H24FN3/c1-3-4-7-11-18-15(17-2)19-12-10-13-8-5-6-9-14(13)16/h5-6,8-9H,3-4,7,10-12H2,1-2H3,(H2,17,18,19). The zero-order valence-corrected chi connectivity index (χ0v) is 11.9. The van der Waals surface area contributed by atoms with E-state index in [-0.39, 0.29) is 5.82 Å². The summed E-state index contributed by atoms with van der Waals surface area (Å²) in [5.74, 6) is 0.641. The number of halogens is 1. The van der Waals surface area contributed by atoms with Crippen LogP contribution >= 0.6 is 0 Å². The fourth-order valence-electron chi connectivity index (χ4n) is 1.82. The molecule has 0 aliphatic carbocycles. The van der Waals surface area contributed by atoms with Crippen LogP contribution in [0, 0.1) is 5.82 Å². The molecule has 0 radical (unpaired) electrons. The molecule has 1 rings (SSSR count). The second kappa shape index (κ2) is 9.36. The zero-order valence-electron chi connectivity index (χ0n) is 11.9. The highest BCUT2D eigenvalue weighted by molar-refractivity contribution is 5.79. The number of hydrogen-bond donors (Lipinski definition) is 2. The molecule has 0 aliphatic heterocycles. The summed E-state index contributed by atoms with van der Waals surface area (Å²) < 4.78 is 13.4. The molecule has 4 heteroatoms. The molecule has 0 saturated heterocycles. The number of unbranched alkanes of at least 4 members (excludes halogenated alkanes) is 2. The minimum absolute atomic E-state index is 0.143. The van der Waals surface area contributed by atoms with Crippen LogP contribution in [-0.4, -0.2) is 26.1 Å². The quantitative estimate of drug-likeness (QED) is 0.452. The van der Waals surface area contributed by atoms with Crippen LogP contribution in [0.25, 0.3) is 0 Å². The summed E-state index contributed by atoms with van der Waals surface area (Å²) in [6.07, 6.45) is 4.23. The highest BCUT2D eigenvalue weighted by Crippen LogP contribution is 2.05. The van der Waals surface area contributed by atoms with Gasteiger partial charge in [-0.2, -0.15) is 0 Å². The van der Waals surface area contributed by atoms with E-state index < -0.39 is 0 Å². The van der Waals surface area contributed by atoms with Crippen molar-refractivity contribution in [3.8, 4) is 0 Å². The number of benzene rings is 1. The van der Waals surface area contributed by atoms with Crippen molar-refractivity contribution in [2.24, 2.45) is 4.99 Å². The van der Waals surface area contributed by atoms with E-state index in [4.69, 9.17) is 0 Å². The van der Waals surface area contributed by atoms with Gasteiger partial charge in [0.25, 0.3) is 0 Å². The monoisotopic (exact) mass is 265 g/mol. The molecule has 0 spiro atoms. The molecule has 0 atom stereocenters. The van der Waals surface area contributed by atoms with Crippen molar-refractivity contribution in [1.29, 1.82) is 0 Å². The highest BCUT2D eigenvalue weighted by atomic mass is 19.1. The third kappa shape index (κ3) is 6.22. The highest BCUT2D eigenvalue weighted by Gasteiger charge is 2.01. The predicted molar refractivity (Wildman–Crippen MR) is 79.0 cm³/mol. The van der Waals surface area contributed by atoms with Crippen molar-refractivity contribution in [2.45, 2.75) is 32.6 Å². The van der Waals surface area contributed by atoms with Gasteiger partial charge >= 0.3 is 0 Å². The number of guanidine groups is 1. The summed E-state index contributed by atoms with van der Waals surface area (Å²) in [7, 11) is 1.75. The lowest BCUT2D eigenvalue weighted by Gasteiger charge is -2.11. The molecule has 0 amide bonds. The molecule has 106 valence electrons. The van der Waals surface area contributed by atoms with Gasteiger partial charge in [-0.3, -0.25) is 4.99 Å². The fourth-order valence-corrected chi connectivity index (χ4v) is 1.82. The second-order valence-corrected chi connectivity index (χ2v) is 4.47. The number of rotatable bonds is 7. The Labute approximate surface area is 115 Å². The van der Waals surface area contributed by atoms with Gasteiger partial charge in [-0.05, 0) is 24.5 Å². The predicted octanol–water partition coefficient (Wildman–Crippen LogP) is 2.72. The Morgan fingerprint density at radius 1 is 1.16 bits per heavy atom. The number of nitrogens with zero attached hydrogens (tertiary/aromatic N) is 1. The van der Waals surface area contributed by atoms with Gasteiger partial charge in [0.15, 0.2) is 5.96 Å². The van der Waals surface area contributed by atoms with Crippen molar-refractivity contribution in [2.75, 3.05) is 20.1 Å². The Balaban J connectivity index is 2.25. The van der Waals surface area contributed by atoms with Crippen LogP contribution < -0.4 is 10.6 Å². The first-order valence-corrected chi connectivity index (χ1v) is 6.95. The van der Waals surface area contributed by atoms with Crippen molar-refractivity contribution in [1.82, 2.24) is 10.6 Å². The van der Waals surface area contributed by atoms with E-state index in [0.29, 0.717) is 13.0 Å². The van der Waals surface area contributed by atoms with Gasteiger partial charge in [0, 0.05) is 20.1 Å². The first-order valence-electron chi connectivity index (χ1n) is 6.95. The minimum atomic E-state index is -0.143. The lowest BCUT2D eigenvalue weighted by molar-refractivity contribution is 0.606. The van der Waals surface area contributed by atoms with E-state index in [2.05, 4.69) is 22.5 Å². The van der Waals surface area contributed by atoms with Crippen LogP contribution in [0.1, 0.15) is 31.7 Å². The van der Waals surface area contributed by atoms with Crippen LogP contribution in [0.3, 0.4) is 0 Å². The molecule has 3 nitrogen and oxygen atoms in total. The van der Waals surface area contributed by atoms with E-state index in [1.165, 1.54) is 18.9 Å². The molecule has 0 fully saturated rings. The molecule has 0 unspecified atom stereocenters. The van der Waals surface area contributed by atoms with Gasteiger partial charge in [-0.1, -0.05) is 38.0 Å². The molecule has 0 bridgehead atoms. The molecular formula is C15H24FN3. The summed E-state index contributed by atoms with van der Waals surface area (Å²) in [4.78, 5) is 4.14. The molecule has 0 heterocycles. The largest absolute Gasteiger partial charge is 0.356 e. The van der Waals surface area contributed by atoms with Crippen molar-refractivity contribution >= 4 is 5.96 Å². The fraction of sp³-hybridized carbons (Fsp3) is 0.533. The molecule has 19 heavy (non-hydrogen) atoms. The van der Waals surface area contributed by atoms with Crippen LogP contribution in [0.15, 0.2) is 29.3 Å². The molecule has 0 aromatic heterocycles. The Bertz CT molecular complexity index is 391. The average molecular weight is 265 g/mol. The van der Waals surface area contributed by atoms with Gasteiger partial charge in [0.1, 0.15) is 5.82 Å². The molecule has 2 N–H and O–H groups in total. The minimum Gasteiger partial charge on any atom is -0.356 e. The third-order valence-electron chi connectivity index (χ3n) is 2.94. The molecule has 0 saturated carbocycles. The van der Waals surface area contributed by atoms with E-state index in [1.54, 1.807) is 13.1 Å². The van der Waals surface area contributed by atoms with Gasteiger partial charge in [0.05, 0.1) is 0 Å². The topological polar surface area (TPSA) is 36.4 Å². The van der Waals surface area contributed by atoms with Crippen LogP contribution in [0.5, 0.6) is 0 Å². The molecule has 0 aliphatic rings. The second-order valence-electron chi connectivity index (χ2n) is 4.47. The first-order chi connectivity index (χ1) is 9.27. The van der Waals surface area contributed by atoms with Crippen molar-refractivity contribution < 1.29 is 4.39 Å². The van der Waals surface area contributed by atoms with Crippen molar-refractivity contribution in [3.63, 3.8) is 0 Å². The van der Waals surface area contributed by atoms with Gasteiger partial charge in [-0.15, -0.1) is 0 Å². The molecule has 1 aromatic carbocycles. The van der Waals surface area contributed by atoms with Gasteiger partial charge in [-0.25, -0.2) is 4.39 Å². The van der Waals surface area contributed by atoms with Crippen LogP contribution in [-0.2, 0) is 6.42 Å². The normalized spacial score (nSPS) is 11.4. The lowest BCUT2D eigenvalue weighted by atomic mass is 10.1. The number of aliphatic imine (C=N–C) groups is 1. The number of nitrogens with one attached hydrogen (secondary N) is 2. The summed E-state index contributed by atoms with van der Waals surface area (Å²) in [6.45, 7) is 3.78. The average Bonchev–Trinajstić information content (AvgIpc) is 2.43. The Morgan fingerprint density at radius 3 is 2.58 bits per heavy atom. The van der Waals surface area contributed by atoms with E-state index >= 15 is 0 Å². The summed E-state index contributed by atoms with van der Waals surface area (Å²) in [5.41, 5.74) is 0.733. The summed E-state index contributed by atoms with van der Waals surface area (Å²) in [6, 6.07) is 6.87. The Hall–Kier alpha value is -1.58. The summed E-state index contributed by atoms with van der Waals surface area (Å²) >= 11 is 0. The van der Waals surface area contributed by atoms with Gasteiger partial charge < -0.3 is 10.6 Å². The van der Waals surface area contributed by atoms with Crippen LogP contribution in [0.4, 0.5) is 4.39 Å². The Morgan fingerprint density at radius 2 is 1.89 bits per heavy atom. The van der Waals surface area contributed by atoms with Crippen LogP contribution in [0.2, 0.25) is 0 Å². The third-order valence-corrected chi connectivity index (χ3v) is 2.94. The van der Waals surface area contributed by atoms with Crippen molar-refractivity contribution in [3.05, 3.63) is 35.6 Å². The lowest BCUT2D eigenvalue weighted by Crippen LogP contribution is -2.38. The van der Waals surface area contributed by atoms with Gasteiger partial charge in [0.2, 0.25) is 0 Å². The first kappa shape index (κ1) is 15.5. The van der Waals surface area contributed by atoms with E-state index in [9.17, 15) is 4.39 Å². The smallest absolute Gasteiger partial charge is 0.190 e. The van der Waals surface area contributed by atoms with E-state index in [0.717, 1.165) is 24.5 Å². The van der Waals surface area contributed by atoms with E-state index in [1.807, 2.05) is 12.1 Å². The number of hydrogen-bond acceptors (Lipinski definition) is 1. The summed E-state index contributed by atoms with van der Waals surface area (Å²) in [5, 5.41) is 6.44. The molecular weight excluding hydrogens is 241 g/mol.